The van der Waals surface area contributed by atoms with Crippen LogP contribution in [0.15, 0.2) is 48.5 Å². The number of hydrogen-bond donors (Lipinski definition) is 1. The zero-order valence-corrected chi connectivity index (χ0v) is 11.7. The van der Waals surface area contributed by atoms with E-state index in [-0.39, 0.29) is 12.1 Å². The number of fused-ring (bicyclic) bond motifs is 1. The second kappa shape index (κ2) is 5.73. The van der Waals surface area contributed by atoms with Crippen molar-refractivity contribution < 1.29 is 9.47 Å². The van der Waals surface area contributed by atoms with Crippen LogP contribution in [0.25, 0.3) is 0 Å². The Morgan fingerprint density at radius 3 is 2.50 bits per heavy atom. The first-order valence-electron chi connectivity index (χ1n) is 6.63. The van der Waals surface area contributed by atoms with Crippen LogP contribution in [0.5, 0.6) is 11.5 Å². The molecule has 4 heteroatoms. The maximum absolute atomic E-state index is 6.32. The molecule has 0 aromatic heterocycles. The van der Waals surface area contributed by atoms with Gasteiger partial charge in [0, 0.05) is 11.4 Å². The molecular weight excluding hydrogens is 274 g/mol. The molecule has 2 aromatic rings. The molecule has 0 radical (unpaired) electrons. The average molecular weight is 290 g/mol. The molecule has 1 heterocycles. The summed E-state index contributed by atoms with van der Waals surface area (Å²) in [7, 11) is 0. The molecule has 1 aliphatic heterocycles. The van der Waals surface area contributed by atoms with Crippen LogP contribution >= 0.6 is 11.6 Å². The standard InChI is InChI=1S/C16H16ClNO2/c17-12-7-5-11(6-8-12)16(18)15-9-10-19-13-3-1-2-4-14(13)20-15/h1-8,15-16H,9-10,18H2. The Kier molecular flexibility index (Phi) is 3.81. The van der Waals surface area contributed by atoms with Crippen molar-refractivity contribution in [3.05, 3.63) is 59.1 Å². The Labute approximate surface area is 123 Å². The van der Waals surface area contributed by atoms with Crippen LogP contribution in [-0.4, -0.2) is 12.7 Å². The molecule has 20 heavy (non-hydrogen) atoms. The minimum Gasteiger partial charge on any atom is -0.490 e. The smallest absolute Gasteiger partial charge is 0.161 e. The van der Waals surface area contributed by atoms with E-state index in [1.807, 2.05) is 48.5 Å². The van der Waals surface area contributed by atoms with Crippen LogP contribution in [0.4, 0.5) is 0 Å². The summed E-state index contributed by atoms with van der Waals surface area (Å²) in [5.74, 6) is 1.53. The highest BCUT2D eigenvalue weighted by molar-refractivity contribution is 6.30. The molecule has 0 amide bonds. The van der Waals surface area contributed by atoms with E-state index in [2.05, 4.69) is 0 Å². The normalized spacial score (nSPS) is 19.2. The summed E-state index contributed by atoms with van der Waals surface area (Å²) in [5, 5.41) is 0.705. The van der Waals surface area contributed by atoms with Gasteiger partial charge in [0.25, 0.3) is 0 Å². The van der Waals surface area contributed by atoms with Crippen molar-refractivity contribution in [1.82, 2.24) is 0 Å². The molecule has 2 atom stereocenters. The van der Waals surface area contributed by atoms with E-state index in [9.17, 15) is 0 Å². The van der Waals surface area contributed by atoms with Gasteiger partial charge in [0.2, 0.25) is 0 Å². The summed E-state index contributed by atoms with van der Waals surface area (Å²) in [4.78, 5) is 0. The molecule has 104 valence electrons. The summed E-state index contributed by atoms with van der Waals surface area (Å²) in [6.45, 7) is 0.600. The molecule has 3 rings (SSSR count). The lowest BCUT2D eigenvalue weighted by atomic mass is 10.0. The maximum atomic E-state index is 6.32. The van der Waals surface area contributed by atoms with Gasteiger partial charge in [-0.1, -0.05) is 35.9 Å². The van der Waals surface area contributed by atoms with E-state index in [0.717, 1.165) is 23.5 Å². The second-order valence-corrected chi connectivity index (χ2v) is 5.25. The monoisotopic (exact) mass is 289 g/mol. The number of ether oxygens (including phenoxy) is 2. The van der Waals surface area contributed by atoms with Crippen LogP contribution in [0.2, 0.25) is 5.02 Å². The predicted octanol–water partition coefficient (Wildman–Crippen LogP) is 3.57. The van der Waals surface area contributed by atoms with E-state index < -0.39 is 0 Å². The molecule has 0 saturated heterocycles. The van der Waals surface area contributed by atoms with Gasteiger partial charge in [0.05, 0.1) is 12.6 Å². The van der Waals surface area contributed by atoms with Gasteiger partial charge >= 0.3 is 0 Å². The molecule has 0 fully saturated rings. The van der Waals surface area contributed by atoms with Crippen LogP contribution < -0.4 is 15.2 Å². The van der Waals surface area contributed by atoms with Gasteiger partial charge in [0.15, 0.2) is 11.5 Å². The topological polar surface area (TPSA) is 44.5 Å². The molecular formula is C16H16ClNO2. The van der Waals surface area contributed by atoms with Gasteiger partial charge in [-0.3, -0.25) is 0 Å². The van der Waals surface area contributed by atoms with E-state index in [4.69, 9.17) is 26.8 Å². The Bertz CT molecular complexity index is 585. The molecule has 0 aliphatic carbocycles. The average Bonchev–Trinajstić information content (AvgIpc) is 2.69. The molecule has 2 N–H and O–H groups in total. The molecule has 3 nitrogen and oxygen atoms in total. The minimum atomic E-state index is -0.206. The summed E-state index contributed by atoms with van der Waals surface area (Å²) >= 11 is 5.90. The highest BCUT2D eigenvalue weighted by atomic mass is 35.5. The van der Waals surface area contributed by atoms with Crippen molar-refractivity contribution in [1.29, 1.82) is 0 Å². The largest absolute Gasteiger partial charge is 0.490 e. The fourth-order valence-corrected chi connectivity index (χ4v) is 2.45. The Hall–Kier alpha value is -1.71. The third-order valence-electron chi connectivity index (χ3n) is 3.44. The van der Waals surface area contributed by atoms with E-state index in [1.165, 1.54) is 0 Å². The van der Waals surface area contributed by atoms with Crippen molar-refractivity contribution in [2.45, 2.75) is 18.6 Å². The molecule has 2 aromatic carbocycles. The van der Waals surface area contributed by atoms with Crippen molar-refractivity contribution in [3.63, 3.8) is 0 Å². The number of nitrogens with two attached hydrogens (primary N) is 1. The molecule has 0 spiro atoms. The van der Waals surface area contributed by atoms with Gasteiger partial charge in [-0.05, 0) is 29.8 Å². The second-order valence-electron chi connectivity index (χ2n) is 4.82. The van der Waals surface area contributed by atoms with Crippen molar-refractivity contribution in [3.8, 4) is 11.5 Å². The third kappa shape index (κ3) is 2.74. The highest BCUT2D eigenvalue weighted by Crippen LogP contribution is 2.33. The van der Waals surface area contributed by atoms with Crippen LogP contribution in [0, 0.1) is 0 Å². The first-order chi connectivity index (χ1) is 9.74. The zero-order chi connectivity index (χ0) is 13.9. The number of para-hydroxylation sites is 2. The van der Waals surface area contributed by atoms with Gasteiger partial charge in [-0.2, -0.15) is 0 Å². The number of benzene rings is 2. The van der Waals surface area contributed by atoms with E-state index >= 15 is 0 Å². The Morgan fingerprint density at radius 2 is 1.75 bits per heavy atom. The third-order valence-corrected chi connectivity index (χ3v) is 3.69. The summed E-state index contributed by atoms with van der Waals surface area (Å²) in [6, 6.07) is 15.0. The Balaban J connectivity index is 1.82. The summed E-state index contributed by atoms with van der Waals surface area (Å²) in [5.41, 5.74) is 7.34. The van der Waals surface area contributed by atoms with Gasteiger partial charge in [-0.25, -0.2) is 0 Å². The lowest BCUT2D eigenvalue weighted by Gasteiger charge is -2.23. The van der Waals surface area contributed by atoms with Gasteiger partial charge < -0.3 is 15.2 Å². The highest BCUT2D eigenvalue weighted by Gasteiger charge is 2.25. The lowest BCUT2D eigenvalue weighted by molar-refractivity contribution is 0.162. The number of rotatable bonds is 2. The van der Waals surface area contributed by atoms with Gasteiger partial charge in [-0.15, -0.1) is 0 Å². The van der Waals surface area contributed by atoms with Gasteiger partial charge in [0.1, 0.15) is 6.10 Å². The number of hydrogen-bond acceptors (Lipinski definition) is 3. The minimum absolute atomic E-state index is 0.111. The first kappa shape index (κ1) is 13.3. The molecule has 1 aliphatic rings. The fourth-order valence-electron chi connectivity index (χ4n) is 2.33. The van der Waals surface area contributed by atoms with Crippen molar-refractivity contribution in [2.75, 3.05) is 6.61 Å². The summed E-state index contributed by atoms with van der Waals surface area (Å²) < 4.78 is 11.7. The van der Waals surface area contributed by atoms with Crippen molar-refractivity contribution in [2.24, 2.45) is 5.73 Å². The lowest BCUT2D eigenvalue weighted by Crippen LogP contribution is -2.31. The number of halogens is 1. The first-order valence-corrected chi connectivity index (χ1v) is 7.01. The molecule has 0 bridgehead atoms. The van der Waals surface area contributed by atoms with E-state index in [1.54, 1.807) is 0 Å². The Morgan fingerprint density at radius 1 is 1.05 bits per heavy atom. The van der Waals surface area contributed by atoms with Crippen LogP contribution in [0.3, 0.4) is 0 Å². The zero-order valence-electron chi connectivity index (χ0n) is 11.0. The molecule has 0 saturated carbocycles. The fraction of sp³-hybridized carbons (Fsp3) is 0.250. The van der Waals surface area contributed by atoms with Crippen LogP contribution in [0.1, 0.15) is 18.0 Å². The van der Waals surface area contributed by atoms with Crippen molar-refractivity contribution >= 4 is 11.6 Å². The SMILES string of the molecule is NC(c1ccc(Cl)cc1)C1CCOc2ccccc2O1. The molecule has 2 unspecified atom stereocenters. The summed E-state index contributed by atoms with van der Waals surface area (Å²) in [6.07, 6.45) is 0.637. The predicted molar refractivity (Wildman–Crippen MR) is 79.4 cm³/mol. The van der Waals surface area contributed by atoms with Crippen LogP contribution in [-0.2, 0) is 0 Å². The quantitative estimate of drug-likeness (QED) is 0.919. The maximum Gasteiger partial charge on any atom is 0.161 e. The van der Waals surface area contributed by atoms with E-state index in [0.29, 0.717) is 11.6 Å².